The normalized spacial score (nSPS) is 14.4. The third-order valence-electron chi connectivity index (χ3n) is 11.1. The van der Waals surface area contributed by atoms with Gasteiger partial charge in [-0.25, -0.2) is 20.2 Å². The standard InChI is InChI=1S/C47H57N11O10/c1-6-57(39-12-10-30(24-50-39)31-21-33(34(23-48)37(22-31)53-27(2)3)43(61)51-25-35-28(4)20-29(5)54-44(35)62)16-14-52-56-41(60)26-66-18-19-68-67-17-15-49-36-9-7-8-32-42(36)47(65)58(46(32)64)38-11-13-40(59)55-45(38)63/h7-10,12,20-24,27,38,48-49,52-53H,6,11,13-19,25-26H2,1-5H3,(H,51,61)(H,54,62)(H,56,60)(H,55,59,63). The van der Waals surface area contributed by atoms with E-state index >= 15 is 0 Å². The fraction of sp³-hybridized carbons (Fsp3) is 0.383. The molecule has 0 spiro atoms. The van der Waals surface area contributed by atoms with Gasteiger partial charge in [0, 0.05) is 91.4 Å². The summed E-state index contributed by atoms with van der Waals surface area (Å²) >= 11 is 0. The van der Waals surface area contributed by atoms with Crippen LogP contribution >= 0.6 is 0 Å². The molecule has 1 fully saturated rings. The van der Waals surface area contributed by atoms with Crippen LogP contribution in [0.15, 0.2) is 59.5 Å². The molecule has 0 aliphatic carbocycles. The van der Waals surface area contributed by atoms with Gasteiger partial charge in [-0.15, -0.1) is 0 Å². The zero-order valence-corrected chi connectivity index (χ0v) is 38.6. The third-order valence-corrected chi connectivity index (χ3v) is 11.1. The number of hydrogen-bond donors (Lipinski definition) is 8. The Morgan fingerprint density at radius 3 is 2.47 bits per heavy atom. The topological polar surface area (TPSA) is 278 Å². The predicted octanol–water partition coefficient (Wildman–Crippen LogP) is 2.73. The molecule has 21 nitrogen and oxygen atoms in total. The van der Waals surface area contributed by atoms with Crippen LogP contribution in [0.2, 0.25) is 0 Å². The van der Waals surface area contributed by atoms with Gasteiger partial charge in [-0.05, 0) is 94.6 Å². The first kappa shape index (κ1) is 50.1. The fourth-order valence-electron chi connectivity index (χ4n) is 7.79. The molecule has 2 aromatic carbocycles. The van der Waals surface area contributed by atoms with Gasteiger partial charge in [-0.3, -0.25) is 49.2 Å². The fourth-order valence-corrected chi connectivity index (χ4v) is 7.79. The Morgan fingerprint density at radius 2 is 1.76 bits per heavy atom. The van der Waals surface area contributed by atoms with E-state index in [4.69, 9.17) is 24.9 Å². The molecule has 4 aromatic rings. The van der Waals surface area contributed by atoms with Gasteiger partial charge in [0.2, 0.25) is 11.8 Å². The van der Waals surface area contributed by atoms with Crippen molar-refractivity contribution in [1.29, 1.82) is 5.41 Å². The number of aromatic amines is 1. The number of nitrogens with zero attached hydrogens (tertiary/aromatic N) is 3. The summed E-state index contributed by atoms with van der Waals surface area (Å²) in [6.45, 7) is 11.3. The molecule has 6 rings (SSSR count). The highest BCUT2D eigenvalue weighted by molar-refractivity contribution is 6.25. The van der Waals surface area contributed by atoms with E-state index in [-0.39, 0.29) is 80.7 Å². The van der Waals surface area contributed by atoms with E-state index in [0.29, 0.717) is 53.5 Å². The number of H-pyrrole nitrogens is 1. The Balaban J connectivity index is 0.898. The molecular formula is C47H57N11O10. The monoisotopic (exact) mass is 935 g/mol. The number of amides is 6. The van der Waals surface area contributed by atoms with Gasteiger partial charge in [-0.2, -0.15) is 0 Å². The molecule has 2 aromatic heterocycles. The van der Waals surface area contributed by atoms with E-state index in [1.165, 1.54) is 6.07 Å². The first-order chi connectivity index (χ1) is 32.7. The number of anilines is 3. The number of aromatic nitrogens is 2. The van der Waals surface area contributed by atoms with Crippen molar-refractivity contribution in [3.8, 4) is 11.1 Å². The molecule has 1 saturated heterocycles. The van der Waals surface area contributed by atoms with Crippen LogP contribution in [-0.4, -0.2) is 121 Å². The van der Waals surface area contributed by atoms with Gasteiger partial charge in [0.15, 0.2) is 0 Å². The molecule has 2 aliphatic rings. The van der Waals surface area contributed by atoms with Crippen LogP contribution in [0.4, 0.5) is 17.2 Å². The number of hydrazine groups is 1. The molecule has 4 heterocycles. The van der Waals surface area contributed by atoms with E-state index in [1.807, 2.05) is 56.9 Å². The second-order valence-corrected chi connectivity index (χ2v) is 16.3. The number of benzene rings is 2. The van der Waals surface area contributed by atoms with Crippen LogP contribution < -0.4 is 42.6 Å². The number of fused-ring (bicyclic) bond motifs is 1. The summed E-state index contributed by atoms with van der Waals surface area (Å²) in [6.07, 6.45) is 2.95. The highest BCUT2D eigenvalue weighted by Crippen LogP contribution is 2.33. The quantitative estimate of drug-likeness (QED) is 0.0165. The molecule has 1 atom stereocenters. The lowest BCUT2D eigenvalue weighted by Crippen LogP contribution is -2.54. The summed E-state index contributed by atoms with van der Waals surface area (Å²) in [4.78, 5) is 110. The van der Waals surface area contributed by atoms with Crippen LogP contribution in [0.1, 0.15) is 87.1 Å². The summed E-state index contributed by atoms with van der Waals surface area (Å²) in [5, 5.41) is 19.6. The minimum Gasteiger partial charge on any atom is -0.382 e. The van der Waals surface area contributed by atoms with Gasteiger partial charge in [0.05, 0.1) is 29.9 Å². The van der Waals surface area contributed by atoms with Crippen molar-refractivity contribution in [2.24, 2.45) is 0 Å². The van der Waals surface area contributed by atoms with Crippen LogP contribution in [0.25, 0.3) is 11.1 Å². The maximum absolute atomic E-state index is 13.6. The van der Waals surface area contributed by atoms with Crippen molar-refractivity contribution < 1.29 is 43.3 Å². The molecule has 68 heavy (non-hydrogen) atoms. The van der Waals surface area contributed by atoms with Gasteiger partial charge in [-0.1, -0.05) is 6.07 Å². The van der Waals surface area contributed by atoms with E-state index in [2.05, 4.69) is 37.1 Å². The number of rotatable bonds is 24. The number of carbonyl (C=O) groups is 6. The number of imide groups is 2. The molecule has 6 amide bonds. The average molecular weight is 936 g/mol. The molecule has 0 radical (unpaired) electrons. The van der Waals surface area contributed by atoms with Crippen LogP contribution in [-0.2, 0) is 35.4 Å². The van der Waals surface area contributed by atoms with Crippen molar-refractivity contribution in [2.75, 3.05) is 68.1 Å². The summed E-state index contributed by atoms with van der Waals surface area (Å²) in [5.41, 5.74) is 10.7. The van der Waals surface area contributed by atoms with Crippen LogP contribution in [0, 0.1) is 19.3 Å². The first-order valence-electron chi connectivity index (χ1n) is 22.3. The minimum atomic E-state index is -1.06. The Bertz CT molecular complexity index is 2600. The van der Waals surface area contributed by atoms with Gasteiger partial charge < -0.3 is 36.0 Å². The number of piperidine rings is 1. The second kappa shape index (κ2) is 23.4. The Labute approximate surface area is 392 Å². The molecule has 8 N–H and O–H groups in total. The zero-order chi connectivity index (χ0) is 48.9. The van der Waals surface area contributed by atoms with Gasteiger partial charge >= 0.3 is 0 Å². The maximum Gasteiger partial charge on any atom is 0.264 e. The number of likely N-dealkylation sites (N-methyl/N-ethyl adjacent to an activating group) is 1. The number of nitrogens with one attached hydrogen (secondary N) is 8. The lowest BCUT2D eigenvalue weighted by Gasteiger charge is -2.27. The number of carbonyl (C=O) groups excluding carboxylic acids is 6. The lowest BCUT2D eigenvalue weighted by molar-refractivity contribution is -0.296. The van der Waals surface area contributed by atoms with E-state index in [9.17, 15) is 33.6 Å². The van der Waals surface area contributed by atoms with E-state index in [0.717, 1.165) is 27.9 Å². The molecule has 1 unspecified atom stereocenters. The lowest BCUT2D eigenvalue weighted by atomic mass is 9.97. The Morgan fingerprint density at radius 1 is 0.971 bits per heavy atom. The minimum absolute atomic E-state index is 0.0151. The predicted molar refractivity (Wildman–Crippen MR) is 252 cm³/mol. The molecule has 0 saturated carbocycles. The highest BCUT2D eigenvalue weighted by atomic mass is 17.2. The molecule has 360 valence electrons. The Kier molecular flexibility index (Phi) is 17.2. The smallest absolute Gasteiger partial charge is 0.264 e. The average Bonchev–Trinajstić information content (AvgIpc) is 3.56. The second-order valence-electron chi connectivity index (χ2n) is 16.3. The van der Waals surface area contributed by atoms with Crippen molar-refractivity contribution in [1.82, 2.24) is 36.4 Å². The van der Waals surface area contributed by atoms with Gasteiger partial charge in [0.25, 0.3) is 29.2 Å². The first-order valence-corrected chi connectivity index (χ1v) is 22.3. The number of hydrogen-bond acceptors (Lipinski definition) is 16. The van der Waals surface area contributed by atoms with Crippen molar-refractivity contribution in [3.63, 3.8) is 0 Å². The van der Waals surface area contributed by atoms with E-state index < -0.39 is 41.5 Å². The van der Waals surface area contributed by atoms with Crippen LogP contribution in [0.3, 0.4) is 0 Å². The number of pyridine rings is 2. The Hall–Kier alpha value is -7.33. The number of ether oxygens (including phenoxy) is 1. The molecular weight excluding hydrogens is 879 g/mol. The summed E-state index contributed by atoms with van der Waals surface area (Å²) in [6, 6.07) is 12.9. The maximum atomic E-state index is 13.6. The number of aryl methyl sites for hydroxylation is 2. The molecule has 21 heteroatoms. The zero-order valence-electron chi connectivity index (χ0n) is 38.6. The SMILES string of the molecule is CCN(CCNNC(=O)COCCOOCCNc1cccc2c1C(=O)N(C1CCC(=O)NC1=O)C2=O)c1ccc(-c2cc(NC(C)C)c(C=N)c(C(=O)NCc3c(C)cc(C)[nH]c3=O)c2)cn1. The van der Waals surface area contributed by atoms with Crippen molar-refractivity contribution >= 4 is 58.9 Å². The molecule has 2 aliphatic heterocycles. The molecule has 0 bridgehead atoms. The largest absolute Gasteiger partial charge is 0.382 e. The summed E-state index contributed by atoms with van der Waals surface area (Å²) in [7, 11) is 0. The van der Waals surface area contributed by atoms with E-state index in [1.54, 1.807) is 31.3 Å². The van der Waals surface area contributed by atoms with Crippen LogP contribution in [0.5, 0.6) is 0 Å². The van der Waals surface area contributed by atoms with Gasteiger partial charge in [0.1, 0.15) is 25.1 Å². The summed E-state index contributed by atoms with van der Waals surface area (Å²) < 4.78 is 5.37. The highest BCUT2D eigenvalue weighted by Gasteiger charge is 2.45. The van der Waals surface area contributed by atoms with Crippen molar-refractivity contribution in [3.05, 3.63) is 104 Å². The third kappa shape index (κ3) is 12.4. The summed E-state index contributed by atoms with van der Waals surface area (Å²) in [5.74, 6) is -2.47. The van der Waals surface area contributed by atoms with Crippen molar-refractivity contribution in [2.45, 2.75) is 66.1 Å².